The van der Waals surface area contributed by atoms with Crippen LogP contribution in [0.15, 0.2) is 46.9 Å². The molecule has 3 rings (SSSR count). The summed E-state index contributed by atoms with van der Waals surface area (Å²) < 4.78 is 5.74. The monoisotopic (exact) mass is 325 g/mol. The summed E-state index contributed by atoms with van der Waals surface area (Å²) in [5.41, 5.74) is 0.718. The second-order valence-corrected chi connectivity index (χ2v) is 6.22. The third-order valence-electron chi connectivity index (χ3n) is 4.06. The highest BCUT2D eigenvalue weighted by Gasteiger charge is 2.24. The molecule has 1 aromatic heterocycles. The van der Waals surface area contributed by atoms with Gasteiger partial charge < -0.3 is 14.8 Å². The summed E-state index contributed by atoms with van der Waals surface area (Å²) in [6.07, 6.45) is 0.0134. The highest BCUT2D eigenvalue weighted by Crippen LogP contribution is 2.28. The summed E-state index contributed by atoms with van der Waals surface area (Å²) in [6.45, 7) is 3.51. The van der Waals surface area contributed by atoms with E-state index in [1.807, 2.05) is 42.5 Å². The predicted molar refractivity (Wildman–Crippen MR) is 91.8 cm³/mol. The Balaban J connectivity index is 1.84. The first kappa shape index (κ1) is 16.1. The van der Waals surface area contributed by atoms with E-state index in [0.717, 1.165) is 21.7 Å². The van der Waals surface area contributed by atoms with Gasteiger partial charge in [0.15, 0.2) is 0 Å². The zero-order chi connectivity index (χ0) is 17.3. The van der Waals surface area contributed by atoms with Gasteiger partial charge in [0.2, 0.25) is 5.91 Å². The minimum Gasteiger partial charge on any atom is -0.480 e. The lowest BCUT2D eigenvalue weighted by molar-refractivity contribution is -0.143. The average Bonchev–Trinajstić information content (AvgIpc) is 2.94. The average molecular weight is 325 g/mol. The van der Waals surface area contributed by atoms with Crippen LogP contribution in [-0.2, 0) is 16.0 Å². The number of carbonyl (C=O) groups excluding carboxylic acids is 1. The number of hydrogen-bond acceptors (Lipinski definition) is 3. The molecule has 5 heteroatoms. The van der Waals surface area contributed by atoms with Gasteiger partial charge in [0.1, 0.15) is 17.4 Å². The van der Waals surface area contributed by atoms with E-state index in [1.165, 1.54) is 0 Å². The normalized spacial score (nSPS) is 12.6. The molecule has 1 heterocycles. The van der Waals surface area contributed by atoms with Gasteiger partial charge in [-0.1, -0.05) is 44.2 Å². The van der Waals surface area contributed by atoms with Gasteiger partial charge in [-0.25, -0.2) is 4.79 Å². The minimum absolute atomic E-state index is 0.0134. The van der Waals surface area contributed by atoms with E-state index in [-0.39, 0.29) is 18.2 Å². The van der Waals surface area contributed by atoms with E-state index in [2.05, 4.69) is 5.32 Å². The fourth-order valence-corrected chi connectivity index (χ4v) is 2.83. The molecular weight excluding hydrogens is 306 g/mol. The van der Waals surface area contributed by atoms with Crippen LogP contribution in [0, 0.1) is 5.92 Å². The van der Waals surface area contributed by atoms with Crippen molar-refractivity contribution >= 4 is 33.6 Å². The zero-order valence-corrected chi connectivity index (χ0v) is 13.6. The molecular formula is C19H19NO4. The second kappa shape index (κ2) is 6.35. The molecule has 3 aromatic rings. The Bertz CT molecular complexity index is 910. The summed E-state index contributed by atoms with van der Waals surface area (Å²) in [4.78, 5) is 23.3. The summed E-state index contributed by atoms with van der Waals surface area (Å²) in [5.74, 6) is -1.06. The number of hydrogen-bond donors (Lipinski definition) is 2. The maximum Gasteiger partial charge on any atom is 0.326 e. The molecule has 0 saturated carbocycles. The summed E-state index contributed by atoms with van der Waals surface area (Å²) >= 11 is 0. The number of carbonyl (C=O) groups is 2. The molecule has 0 unspecified atom stereocenters. The topological polar surface area (TPSA) is 79.5 Å². The Morgan fingerprint density at radius 2 is 1.88 bits per heavy atom. The van der Waals surface area contributed by atoms with Crippen molar-refractivity contribution in [3.05, 3.63) is 48.2 Å². The van der Waals surface area contributed by atoms with E-state index >= 15 is 0 Å². The van der Waals surface area contributed by atoms with Crippen LogP contribution >= 0.6 is 0 Å². The Morgan fingerprint density at radius 1 is 1.12 bits per heavy atom. The Morgan fingerprint density at radius 3 is 2.58 bits per heavy atom. The van der Waals surface area contributed by atoms with Gasteiger partial charge >= 0.3 is 5.97 Å². The lowest BCUT2D eigenvalue weighted by atomic mass is 10.0. The number of fused-ring (bicyclic) bond motifs is 3. The molecule has 1 atom stereocenters. The van der Waals surface area contributed by atoms with E-state index in [9.17, 15) is 9.59 Å². The fraction of sp³-hybridized carbons (Fsp3) is 0.263. The largest absolute Gasteiger partial charge is 0.480 e. The number of amides is 1. The van der Waals surface area contributed by atoms with Crippen LogP contribution in [0.1, 0.15) is 19.6 Å². The third-order valence-corrected chi connectivity index (χ3v) is 4.06. The number of carboxylic acids is 1. The molecule has 0 spiro atoms. The molecule has 124 valence electrons. The molecule has 0 fully saturated rings. The molecule has 0 bridgehead atoms. The van der Waals surface area contributed by atoms with Crippen LogP contribution < -0.4 is 5.32 Å². The Labute approximate surface area is 139 Å². The Kier molecular flexibility index (Phi) is 4.25. The van der Waals surface area contributed by atoms with Crippen molar-refractivity contribution < 1.29 is 19.1 Å². The number of aliphatic carboxylic acids is 1. The lowest BCUT2D eigenvalue weighted by Crippen LogP contribution is -2.44. The van der Waals surface area contributed by atoms with Gasteiger partial charge in [-0.2, -0.15) is 0 Å². The zero-order valence-electron chi connectivity index (χ0n) is 13.6. The van der Waals surface area contributed by atoms with Gasteiger partial charge in [0.05, 0.1) is 6.42 Å². The summed E-state index contributed by atoms with van der Waals surface area (Å²) in [7, 11) is 0. The maximum absolute atomic E-state index is 12.1. The summed E-state index contributed by atoms with van der Waals surface area (Å²) in [5, 5.41) is 14.8. The van der Waals surface area contributed by atoms with Gasteiger partial charge in [-0.3, -0.25) is 4.79 Å². The molecule has 0 aliphatic carbocycles. The van der Waals surface area contributed by atoms with E-state index in [4.69, 9.17) is 9.52 Å². The molecule has 2 aromatic carbocycles. The lowest BCUT2D eigenvalue weighted by Gasteiger charge is -2.17. The Hall–Kier alpha value is -2.82. The predicted octanol–water partition coefficient (Wildman–Crippen LogP) is 3.35. The van der Waals surface area contributed by atoms with Gasteiger partial charge in [-0.15, -0.1) is 0 Å². The number of furan rings is 1. The number of carboxylic acid groups (broad SMARTS) is 1. The smallest absolute Gasteiger partial charge is 0.326 e. The van der Waals surface area contributed by atoms with Crippen molar-refractivity contribution in [2.75, 3.05) is 0 Å². The van der Waals surface area contributed by atoms with Gasteiger partial charge in [-0.05, 0) is 28.8 Å². The van der Waals surface area contributed by atoms with E-state index in [1.54, 1.807) is 13.8 Å². The number of rotatable bonds is 5. The first-order chi connectivity index (χ1) is 11.5. The van der Waals surface area contributed by atoms with Gasteiger partial charge in [0, 0.05) is 5.39 Å². The van der Waals surface area contributed by atoms with Crippen molar-refractivity contribution in [3.63, 3.8) is 0 Å². The first-order valence-corrected chi connectivity index (χ1v) is 7.88. The molecule has 2 N–H and O–H groups in total. The fourth-order valence-electron chi connectivity index (χ4n) is 2.83. The molecule has 0 saturated heterocycles. The molecule has 0 aliphatic heterocycles. The maximum atomic E-state index is 12.1. The van der Waals surface area contributed by atoms with Crippen molar-refractivity contribution in [1.82, 2.24) is 5.32 Å². The number of benzene rings is 2. The quantitative estimate of drug-likeness (QED) is 0.754. The SMILES string of the molecule is CC(C)[C@H](NC(=O)Cc1cc2c(ccc3ccccc32)o1)C(=O)O. The van der Waals surface area contributed by atoms with Crippen LogP contribution in [0.5, 0.6) is 0 Å². The van der Waals surface area contributed by atoms with E-state index in [0.29, 0.717) is 5.76 Å². The minimum atomic E-state index is -1.03. The molecule has 24 heavy (non-hydrogen) atoms. The molecule has 1 amide bonds. The third kappa shape index (κ3) is 3.11. The van der Waals surface area contributed by atoms with Crippen LogP contribution in [0.3, 0.4) is 0 Å². The van der Waals surface area contributed by atoms with Crippen molar-refractivity contribution in [1.29, 1.82) is 0 Å². The van der Waals surface area contributed by atoms with Crippen LogP contribution in [0.4, 0.5) is 0 Å². The van der Waals surface area contributed by atoms with Crippen LogP contribution in [-0.4, -0.2) is 23.0 Å². The van der Waals surface area contributed by atoms with Crippen molar-refractivity contribution in [2.24, 2.45) is 5.92 Å². The molecule has 5 nitrogen and oxygen atoms in total. The van der Waals surface area contributed by atoms with Gasteiger partial charge in [0.25, 0.3) is 0 Å². The highest BCUT2D eigenvalue weighted by molar-refractivity contribution is 6.06. The van der Waals surface area contributed by atoms with Crippen LogP contribution in [0.25, 0.3) is 21.7 Å². The first-order valence-electron chi connectivity index (χ1n) is 7.88. The standard InChI is InChI=1S/C19H19NO4/c1-11(2)18(19(22)23)20-17(21)10-13-9-15-14-6-4-3-5-12(14)7-8-16(15)24-13/h3-9,11,18H,10H2,1-2H3,(H,20,21)(H,22,23)/t18-/m0/s1. The molecule has 0 radical (unpaired) electrons. The summed E-state index contributed by atoms with van der Waals surface area (Å²) in [6, 6.07) is 12.8. The molecule has 0 aliphatic rings. The van der Waals surface area contributed by atoms with Crippen LogP contribution in [0.2, 0.25) is 0 Å². The van der Waals surface area contributed by atoms with Crippen molar-refractivity contribution in [2.45, 2.75) is 26.3 Å². The second-order valence-electron chi connectivity index (χ2n) is 6.22. The van der Waals surface area contributed by atoms with E-state index < -0.39 is 12.0 Å². The highest BCUT2D eigenvalue weighted by atomic mass is 16.4. The number of nitrogens with one attached hydrogen (secondary N) is 1. The van der Waals surface area contributed by atoms with Crippen molar-refractivity contribution in [3.8, 4) is 0 Å².